The molecular formula is C21H25F2N3O9P+. The Bertz CT molecular complexity index is 1200. The molecule has 0 radical (unpaired) electrons. The third kappa shape index (κ3) is 6.02. The van der Waals surface area contributed by atoms with Gasteiger partial charge in [-0.05, 0) is 49.6 Å². The van der Waals surface area contributed by atoms with Crippen LogP contribution in [-0.2, 0) is 23.4 Å². The van der Waals surface area contributed by atoms with Gasteiger partial charge in [0.05, 0.1) is 6.61 Å². The Balaban J connectivity index is 1.75. The summed E-state index contributed by atoms with van der Waals surface area (Å²) in [6, 6.07) is 4.37. The highest BCUT2D eigenvalue weighted by Crippen LogP contribution is 2.42. The van der Waals surface area contributed by atoms with Crippen LogP contribution in [0, 0.1) is 5.82 Å². The molecule has 0 bridgehead atoms. The van der Waals surface area contributed by atoms with Crippen LogP contribution in [0.25, 0.3) is 0 Å². The molecule has 0 saturated carbocycles. The Morgan fingerprint density at radius 3 is 2.61 bits per heavy atom. The lowest BCUT2D eigenvalue weighted by Gasteiger charge is -2.24. The Labute approximate surface area is 204 Å². The van der Waals surface area contributed by atoms with Crippen molar-refractivity contribution in [3.05, 3.63) is 63.2 Å². The number of carbonyl (C=O) groups is 1. The molecule has 1 aliphatic heterocycles. The van der Waals surface area contributed by atoms with E-state index in [4.69, 9.17) is 18.8 Å². The molecule has 0 amide bonds. The highest BCUT2D eigenvalue weighted by atomic mass is 31.1. The number of ether oxygens (including phenoxy) is 2. The summed E-state index contributed by atoms with van der Waals surface area (Å²) in [4.78, 5) is 43.7. The lowest BCUT2D eigenvalue weighted by molar-refractivity contribution is -0.154. The van der Waals surface area contributed by atoms with Crippen LogP contribution >= 0.6 is 8.18 Å². The second-order valence-corrected chi connectivity index (χ2v) is 9.08. The molecule has 0 spiro atoms. The van der Waals surface area contributed by atoms with Gasteiger partial charge in [-0.25, -0.2) is 13.6 Å². The number of aromatic amines is 1. The number of carbonyl (C=O) groups excluding carboxylic acids is 1. The van der Waals surface area contributed by atoms with Crippen molar-refractivity contribution in [2.45, 2.75) is 50.9 Å². The smallest absolute Gasteiger partial charge is 0.465 e. The van der Waals surface area contributed by atoms with E-state index in [-0.39, 0.29) is 12.4 Å². The molecule has 1 aliphatic rings. The van der Waals surface area contributed by atoms with Gasteiger partial charge in [-0.3, -0.25) is 19.1 Å². The normalized spacial score (nSPS) is 25.0. The van der Waals surface area contributed by atoms with Crippen molar-refractivity contribution in [1.82, 2.24) is 14.4 Å². The van der Waals surface area contributed by atoms with Crippen molar-refractivity contribution < 1.29 is 42.1 Å². The Morgan fingerprint density at radius 2 is 2.00 bits per heavy atom. The molecule has 3 rings (SSSR count). The molecule has 196 valence electrons. The lowest BCUT2D eigenvalue weighted by atomic mass is 9.98. The maximum absolute atomic E-state index is 15.3. The summed E-state index contributed by atoms with van der Waals surface area (Å²) in [6.07, 6.45) is -3.83. The number of nitrogens with zero attached hydrogens (tertiary/aromatic N) is 2. The van der Waals surface area contributed by atoms with E-state index in [1.807, 2.05) is 4.98 Å². The molecule has 2 N–H and O–H groups in total. The first-order chi connectivity index (χ1) is 16.9. The monoisotopic (exact) mass is 532 g/mol. The first-order valence-corrected chi connectivity index (χ1v) is 11.9. The van der Waals surface area contributed by atoms with Crippen molar-refractivity contribution in [3.8, 4) is 5.75 Å². The van der Waals surface area contributed by atoms with Gasteiger partial charge in [-0.1, -0.05) is 0 Å². The van der Waals surface area contributed by atoms with Gasteiger partial charge in [0.15, 0.2) is 23.7 Å². The molecule has 2 heterocycles. The summed E-state index contributed by atoms with van der Waals surface area (Å²) >= 11 is 0. The summed E-state index contributed by atoms with van der Waals surface area (Å²) in [6.45, 7) is 3.29. The minimum atomic E-state index is -2.97. The number of H-pyrrole nitrogens is 1. The molecular weight excluding hydrogens is 507 g/mol. The molecule has 2 aromatic rings. The van der Waals surface area contributed by atoms with Gasteiger partial charge < -0.3 is 19.4 Å². The SMILES string of the molecule is CCOC(=O)C(C)N(Oc1ccc(F)cc1)[P+](=O)OC[C@H]1O[C@@H](n2ccc(=O)[nH]c2=O)[C@](C)(F)[C@@H]1O. The fraction of sp³-hybridized carbons (Fsp3) is 0.476. The van der Waals surface area contributed by atoms with Gasteiger partial charge in [-0.15, -0.1) is 4.52 Å². The first kappa shape index (κ1) is 27.6. The van der Waals surface area contributed by atoms with Gasteiger partial charge in [-0.2, -0.15) is 0 Å². The zero-order chi connectivity index (χ0) is 26.6. The Hall–Kier alpha value is -3.03. The number of esters is 1. The number of aliphatic hydroxyl groups excluding tert-OH is 1. The van der Waals surface area contributed by atoms with E-state index in [9.17, 15) is 28.4 Å². The number of hydrogen-bond donors (Lipinski definition) is 2. The molecule has 6 atom stereocenters. The average molecular weight is 532 g/mol. The first-order valence-electron chi connectivity index (χ1n) is 10.8. The Kier molecular flexibility index (Phi) is 8.69. The zero-order valence-corrected chi connectivity index (χ0v) is 20.4. The fourth-order valence-electron chi connectivity index (χ4n) is 3.37. The summed E-state index contributed by atoms with van der Waals surface area (Å²) in [7, 11) is -2.97. The van der Waals surface area contributed by atoms with E-state index in [1.54, 1.807) is 6.92 Å². The van der Waals surface area contributed by atoms with Gasteiger partial charge >= 0.3 is 19.8 Å². The van der Waals surface area contributed by atoms with E-state index >= 15 is 4.39 Å². The average Bonchev–Trinajstić information content (AvgIpc) is 3.05. The van der Waals surface area contributed by atoms with E-state index in [1.165, 1.54) is 19.1 Å². The number of halogens is 2. The quantitative estimate of drug-likeness (QED) is 0.262. The summed E-state index contributed by atoms with van der Waals surface area (Å²) in [5, 5.41) is 10.5. The number of aromatic nitrogens is 2. The van der Waals surface area contributed by atoms with E-state index in [0.29, 0.717) is 4.83 Å². The number of hydrogen-bond acceptors (Lipinski definition) is 9. The molecule has 1 aromatic carbocycles. The van der Waals surface area contributed by atoms with Crippen LogP contribution in [0.1, 0.15) is 27.0 Å². The number of nitrogens with one attached hydrogen (secondary N) is 1. The second kappa shape index (κ2) is 11.4. The number of alkyl halides is 1. The van der Waals surface area contributed by atoms with Crippen molar-refractivity contribution in [3.63, 3.8) is 0 Å². The number of aliphatic hydroxyl groups is 1. The molecule has 1 fully saturated rings. The largest absolute Gasteiger partial charge is 0.653 e. The number of benzene rings is 1. The Morgan fingerprint density at radius 1 is 1.33 bits per heavy atom. The molecule has 15 heteroatoms. The van der Waals surface area contributed by atoms with E-state index in [0.717, 1.165) is 35.9 Å². The third-order valence-electron chi connectivity index (χ3n) is 5.30. The van der Waals surface area contributed by atoms with Crippen LogP contribution in [0.5, 0.6) is 5.75 Å². The van der Waals surface area contributed by atoms with Crippen LogP contribution in [0.3, 0.4) is 0 Å². The van der Waals surface area contributed by atoms with Crippen LogP contribution in [0.2, 0.25) is 0 Å². The molecule has 36 heavy (non-hydrogen) atoms. The number of rotatable bonds is 10. The van der Waals surface area contributed by atoms with Crippen molar-refractivity contribution in [1.29, 1.82) is 0 Å². The maximum atomic E-state index is 15.3. The molecule has 12 nitrogen and oxygen atoms in total. The molecule has 0 aliphatic carbocycles. The standard InChI is InChI=1S/C21H24F2N3O9P/c1-4-32-18(29)12(2)26(35-14-7-5-13(22)6-8-14)36(31)33-11-15-17(28)21(3,23)19(34-15)25-10-9-16(27)24-20(25)30/h5-10,12,15,17,19,28H,4,11H2,1-3H3/p+1/t12?,15-,17-,19-,21-/m1/s1. The maximum Gasteiger partial charge on any atom is 0.653 e. The fourth-order valence-corrected chi connectivity index (χ4v) is 4.29. The van der Waals surface area contributed by atoms with Gasteiger partial charge in [0.2, 0.25) is 0 Å². The minimum absolute atomic E-state index is 0.0329. The van der Waals surface area contributed by atoms with Crippen LogP contribution < -0.4 is 16.1 Å². The van der Waals surface area contributed by atoms with E-state index in [2.05, 4.69) is 0 Å². The lowest BCUT2D eigenvalue weighted by Crippen LogP contribution is -2.43. The molecule has 1 aromatic heterocycles. The molecule has 1 saturated heterocycles. The second-order valence-electron chi connectivity index (χ2n) is 7.95. The summed E-state index contributed by atoms with van der Waals surface area (Å²) in [5.41, 5.74) is -4.16. The predicted octanol–water partition coefficient (Wildman–Crippen LogP) is 1.58. The topological polar surface area (TPSA) is 149 Å². The summed E-state index contributed by atoms with van der Waals surface area (Å²) in [5.74, 6) is -1.31. The molecule has 2 unspecified atom stereocenters. The van der Waals surface area contributed by atoms with Crippen LogP contribution in [0.4, 0.5) is 8.78 Å². The predicted molar refractivity (Wildman–Crippen MR) is 119 cm³/mol. The minimum Gasteiger partial charge on any atom is -0.465 e. The number of hydroxylamine groups is 1. The summed E-state index contributed by atoms with van der Waals surface area (Å²) < 4.78 is 57.9. The third-order valence-corrected chi connectivity index (χ3v) is 6.42. The zero-order valence-electron chi connectivity index (χ0n) is 19.5. The van der Waals surface area contributed by atoms with Crippen molar-refractivity contribution in [2.75, 3.05) is 13.2 Å². The van der Waals surface area contributed by atoms with Crippen molar-refractivity contribution in [2.24, 2.45) is 0 Å². The highest BCUT2D eigenvalue weighted by molar-refractivity contribution is 7.36. The van der Waals surface area contributed by atoms with Crippen molar-refractivity contribution >= 4 is 14.1 Å². The van der Waals surface area contributed by atoms with Gasteiger partial charge in [0.1, 0.15) is 29.5 Å². The van der Waals surface area contributed by atoms with E-state index < -0.39 is 68.0 Å². The van der Waals surface area contributed by atoms with Gasteiger partial charge in [0, 0.05) is 12.3 Å². The van der Waals surface area contributed by atoms with Gasteiger partial charge in [0.25, 0.3) is 5.56 Å². The highest BCUT2D eigenvalue weighted by Gasteiger charge is 2.56. The van der Waals surface area contributed by atoms with Crippen LogP contribution in [0.15, 0.2) is 46.1 Å². The van der Waals surface area contributed by atoms with Crippen LogP contribution in [-0.4, -0.2) is 62.6 Å².